The Balaban J connectivity index is 0. The summed E-state index contributed by atoms with van der Waals surface area (Å²) in [6.45, 7) is 22.0. The van der Waals surface area contributed by atoms with Gasteiger partial charge in [0.1, 0.15) is 5.83 Å². The zero-order valence-corrected chi connectivity index (χ0v) is 15.2. The molecule has 0 atom stereocenters. The molecule has 0 aliphatic carbocycles. The maximum absolute atomic E-state index is 13.7. The molecule has 118 valence electrons. The van der Waals surface area contributed by atoms with Crippen LogP contribution >= 0.6 is 0 Å². The van der Waals surface area contributed by atoms with E-state index in [1.807, 2.05) is 41.5 Å². The van der Waals surface area contributed by atoms with Crippen LogP contribution in [0.5, 0.6) is 0 Å². The van der Waals surface area contributed by atoms with Crippen molar-refractivity contribution in [2.75, 3.05) is 0 Å². The summed E-state index contributed by atoms with van der Waals surface area (Å²) in [5.41, 5.74) is 4.16. The van der Waals surface area contributed by atoms with Crippen molar-refractivity contribution >= 4 is 0 Å². The zero-order chi connectivity index (χ0) is 16.5. The molecule has 1 heteroatoms. The molecule has 0 spiro atoms. The summed E-state index contributed by atoms with van der Waals surface area (Å²) in [4.78, 5) is 0. The molecule has 0 aromatic heterocycles. The SMILES string of the molecule is C=C(F)/C(=C(C)\C(C)=C(\C)CCCC)C(C)(C)C.CC. The molecule has 0 saturated heterocycles. The van der Waals surface area contributed by atoms with Gasteiger partial charge >= 0.3 is 0 Å². The minimum atomic E-state index is -0.303. The molecule has 0 bridgehead atoms. The molecule has 0 aliphatic rings. The van der Waals surface area contributed by atoms with E-state index in [4.69, 9.17) is 0 Å². The van der Waals surface area contributed by atoms with E-state index < -0.39 is 0 Å². The fourth-order valence-electron chi connectivity index (χ4n) is 2.31. The van der Waals surface area contributed by atoms with Crippen LogP contribution in [-0.2, 0) is 0 Å². The number of allylic oxidation sites excluding steroid dienone is 5. The molecule has 0 rings (SSSR count). The fourth-order valence-corrected chi connectivity index (χ4v) is 2.31. The first kappa shape index (κ1) is 21.4. The minimum Gasteiger partial charge on any atom is -0.207 e. The predicted octanol–water partition coefficient (Wildman–Crippen LogP) is 7.39. The molecule has 0 heterocycles. The number of unbranched alkanes of at least 4 members (excludes halogenated alkanes) is 1. The normalized spacial score (nSPS) is 13.9. The van der Waals surface area contributed by atoms with Crippen molar-refractivity contribution in [3.05, 3.63) is 34.7 Å². The highest BCUT2D eigenvalue weighted by molar-refractivity contribution is 5.44. The molecule has 0 nitrogen and oxygen atoms in total. The van der Waals surface area contributed by atoms with Crippen LogP contribution in [0.4, 0.5) is 4.39 Å². The first-order chi connectivity index (χ1) is 9.12. The summed E-state index contributed by atoms with van der Waals surface area (Å²) >= 11 is 0. The summed E-state index contributed by atoms with van der Waals surface area (Å²) in [5.74, 6) is -0.303. The van der Waals surface area contributed by atoms with Crippen molar-refractivity contribution in [3.63, 3.8) is 0 Å². The lowest BCUT2D eigenvalue weighted by Gasteiger charge is -2.25. The third kappa shape index (κ3) is 7.07. The minimum absolute atomic E-state index is 0.206. The molecule has 0 N–H and O–H groups in total. The molecule has 0 amide bonds. The Morgan fingerprint density at radius 2 is 1.45 bits per heavy atom. The van der Waals surface area contributed by atoms with Gasteiger partial charge in [0, 0.05) is 0 Å². The molecule has 0 aliphatic heterocycles. The maximum atomic E-state index is 13.7. The lowest BCUT2D eigenvalue weighted by atomic mass is 9.80. The van der Waals surface area contributed by atoms with Crippen LogP contribution in [-0.4, -0.2) is 0 Å². The van der Waals surface area contributed by atoms with Gasteiger partial charge in [0.05, 0.1) is 0 Å². The summed E-state index contributed by atoms with van der Waals surface area (Å²) < 4.78 is 13.7. The van der Waals surface area contributed by atoms with Crippen LogP contribution in [0.3, 0.4) is 0 Å². The summed E-state index contributed by atoms with van der Waals surface area (Å²) in [5, 5.41) is 0. The van der Waals surface area contributed by atoms with Crippen molar-refractivity contribution in [1.82, 2.24) is 0 Å². The third-order valence-electron chi connectivity index (χ3n) is 3.50. The zero-order valence-electron chi connectivity index (χ0n) is 15.2. The number of halogens is 1. The van der Waals surface area contributed by atoms with Gasteiger partial charge in [-0.3, -0.25) is 0 Å². The molecule has 0 fully saturated rings. The van der Waals surface area contributed by atoms with Crippen LogP contribution in [0.1, 0.15) is 81.6 Å². The molecule has 0 unspecified atom stereocenters. The van der Waals surface area contributed by atoms with Crippen LogP contribution in [0.15, 0.2) is 34.7 Å². The largest absolute Gasteiger partial charge is 0.207 e. The van der Waals surface area contributed by atoms with E-state index >= 15 is 0 Å². The van der Waals surface area contributed by atoms with Crippen LogP contribution in [0.25, 0.3) is 0 Å². The Hall–Kier alpha value is -0.850. The standard InChI is InChI=1S/C17H29F.C2H6/c1-9-10-11-12(2)13(3)14(4)16(15(5)18)17(6,7)8;1-2/h5,9-11H2,1-4,6-8H3;1-2H3/b13-12-,16-14+;. The van der Waals surface area contributed by atoms with E-state index in [9.17, 15) is 4.39 Å². The van der Waals surface area contributed by atoms with Crippen molar-refractivity contribution in [3.8, 4) is 0 Å². The molecule has 0 aromatic rings. The van der Waals surface area contributed by atoms with Gasteiger partial charge in [-0.25, -0.2) is 4.39 Å². The Kier molecular flexibility index (Phi) is 10.7. The Bertz CT molecular complexity index is 362. The smallest absolute Gasteiger partial charge is 0.120 e. The van der Waals surface area contributed by atoms with Gasteiger partial charge in [-0.1, -0.05) is 60.1 Å². The maximum Gasteiger partial charge on any atom is 0.120 e. The first-order valence-electron chi connectivity index (χ1n) is 7.85. The second kappa shape index (κ2) is 9.96. The fraction of sp³-hybridized carbons (Fsp3) is 0.684. The van der Waals surface area contributed by atoms with Crippen molar-refractivity contribution in [2.24, 2.45) is 5.41 Å². The van der Waals surface area contributed by atoms with Gasteiger partial charge in [-0.2, -0.15) is 0 Å². The van der Waals surface area contributed by atoms with Crippen LogP contribution in [0, 0.1) is 5.41 Å². The third-order valence-corrected chi connectivity index (χ3v) is 3.50. The lowest BCUT2D eigenvalue weighted by Crippen LogP contribution is -2.12. The quantitative estimate of drug-likeness (QED) is 0.461. The Morgan fingerprint density at radius 1 is 1.00 bits per heavy atom. The Morgan fingerprint density at radius 3 is 1.75 bits per heavy atom. The highest BCUT2D eigenvalue weighted by Crippen LogP contribution is 2.36. The average Bonchev–Trinajstić information content (AvgIpc) is 2.35. The van der Waals surface area contributed by atoms with Crippen molar-refractivity contribution in [2.45, 2.75) is 81.6 Å². The van der Waals surface area contributed by atoms with E-state index in [1.165, 1.54) is 24.0 Å². The second-order valence-electron chi connectivity index (χ2n) is 6.16. The van der Waals surface area contributed by atoms with Crippen molar-refractivity contribution < 1.29 is 4.39 Å². The summed E-state index contributed by atoms with van der Waals surface area (Å²) in [6.07, 6.45) is 3.48. The number of hydrogen-bond acceptors (Lipinski definition) is 0. The molecular weight excluding hydrogens is 247 g/mol. The van der Waals surface area contributed by atoms with Crippen molar-refractivity contribution in [1.29, 1.82) is 0 Å². The van der Waals surface area contributed by atoms with Gasteiger partial charge < -0.3 is 0 Å². The molecule has 0 aromatic carbocycles. The van der Waals surface area contributed by atoms with E-state index in [0.717, 1.165) is 17.6 Å². The molecule has 20 heavy (non-hydrogen) atoms. The van der Waals surface area contributed by atoms with Crippen LogP contribution in [0.2, 0.25) is 0 Å². The van der Waals surface area contributed by atoms with E-state index in [0.29, 0.717) is 0 Å². The Labute approximate surface area is 126 Å². The van der Waals surface area contributed by atoms with Gasteiger partial charge in [0.2, 0.25) is 0 Å². The highest BCUT2D eigenvalue weighted by atomic mass is 19.1. The number of rotatable bonds is 5. The molecular formula is C19H35F. The topological polar surface area (TPSA) is 0 Å². The summed E-state index contributed by atoms with van der Waals surface area (Å²) in [6, 6.07) is 0. The van der Waals surface area contributed by atoms with E-state index in [1.54, 1.807) is 0 Å². The first-order valence-corrected chi connectivity index (χ1v) is 7.85. The molecule has 0 saturated carbocycles. The molecule has 0 radical (unpaired) electrons. The number of hydrogen-bond donors (Lipinski definition) is 0. The predicted molar refractivity (Wildman–Crippen MR) is 91.7 cm³/mol. The monoisotopic (exact) mass is 282 g/mol. The van der Waals surface area contributed by atoms with E-state index in [-0.39, 0.29) is 11.2 Å². The van der Waals surface area contributed by atoms with Gasteiger partial charge in [0.25, 0.3) is 0 Å². The van der Waals surface area contributed by atoms with Gasteiger partial charge in [-0.05, 0) is 55.7 Å². The summed E-state index contributed by atoms with van der Waals surface area (Å²) in [7, 11) is 0. The van der Waals surface area contributed by atoms with E-state index in [2.05, 4.69) is 27.4 Å². The van der Waals surface area contributed by atoms with Crippen LogP contribution < -0.4 is 0 Å². The van der Waals surface area contributed by atoms with Gasteiger partial charge in [-0.15, -0.1) is 0 Å². The highest BCUT2D eigenvalue weighted by Gasteiger charge is 2.23. The van der Waals surface area contributed by atoms with Gasteiger partial charge in [0.15, 0.2) is 0 Å². The lowest BCUT2D eigenvalue weighted by molar-refractivity contribution is 0.471. The average molecular weight is 282 g/mol. The second-order valence-corrected chi connectivity index (χ2v) is 6.16.